The van der Waals surface area contributed by atoms with Crippen LogP contribution in [0, 0.1) is 0 Å². The first-order valence-corrected chi connectivity index (χ1v) is 27.6. The average molecular weight is 1220 g/mol. The lowest BCUT2D eigenvalue weighted by Crippen LogP contribution is -2.01. The van der Waals surface area contributed by atoms with Crippen molar-refractivity contribution in [1.82, 2.24) is 0 Å². The molecule has 8 aromatic carbocycles. The predicted octanol–water partition coefficient (Wildman–Crippen LogP) is 12.5. The molecule has 31 nitrogen and oxygen atoms in total. The summed E-state index contributed by atoms with van der Waals surface area (Å²) in [5.41, 5.74) is 3.66. The number of fused-ring (bicyclic) bond motifs is 3. The van der Waals surface area contributed by atoms with Crippen LogP contribution in [0.25, 0.3) is 32.3 Å². The molecule has 8 rings (SSSR count). The summed E-state index contributed by atoms with van der Waals surface area (Å²) in [7, 11) is -13.8. The molecule has 0 aliphatic rings. The number of methoxy groups -OCH3 is 1. The lowest BCUT2D eigenvalue weighted by molar-refractivity contribution is -0.432. The van der Waals surface area contributed by atoms with Crippen LogP contribution in [0.5, 0.6) is 23.0 Å². The predicted molar refractivity (Wildman–Crippen MR) is 279 cm³/mol. The minimum absolute atomic E-state index is 0.00642. The number of hydrogen-bond acceptors (Lipinski definition) is 31. The molecule has 0 bridgehead atoms. The maximum atomic E-state index is 12.8. The Labute approximate surface area is 459 Å². The topological polar surface area (TPSA) is 474 Å². The Kier molecular flexibility index (Phi) is 17.8. The van der Waals surface area contributed by atoms with E-state index in [2.05, 4.69) is 69.0 Å². The molecule has 0 spiro atoms. The van der Waals surface area contributed by atoms with Crippen molar-refractivity contribution in [2.75, 3.05) is 12.8 Å². The lowest BCUT2D eigenvalue weighted by atomic mass is 10.1. The lowest BCUT2D eigenvalue weighted by Gasteiger charge is -2.12. The maximum Gasteiger partial charge on any atom is 0.296 e. The van der Waals surface area contributed by atoms with Gasteiger partial charge >= 0.3 is 0 Å². The summed E-state index contributed by atoms with van der Waals surface area (Å²) in [6.07, 6.45) is 0. The van der Waals surface area contributed by atoms with E-state index in [-0.39, 0.29) is 64.4 Å². The number of hydrogen-bond donors (Lipinski definition) is 10. The van der Waals surface area contributed by atoms with E-state index in [0.29, 0.717) is 41.9 Å². The van der Waals surface area contributed by atoms with Gasteiger partial charge in [-0.05, 0) is 102 Å². The molecular weight excluding hydrogens is 1190 g/mol. The van der Waals surface area contributed by atoms with Crippen molar-refractivity contribution in [2.45, 2.75) is 29.4 Å². The molecule has 0 saturated carbocycles. The third-order valence-corrected chi connectivity index (χ3v) is 15.3. The van der Waals surface area contributed by atoms with E-state index in [1.54, 1.807) is 0 Å². The summed E-state index contributed by atoms with van der Waals surface area (Å²) >= 11 is 1.22. The van der Waals surface area contributed by atoms with E-state index in [1.165, 1.54) is 67.8 Å². The van der Waals surface area contributed by atoms with Gasteiger partial charge in [0.1, 0.15) is 54.6 Å². The number of nitrogens with zero attached hydrogens (tertiary/aromatic N) is 8. The zero-order chi connectivity index (χ0) is 57.7. The number of phenolic OH excluding ortho intramolecular Hbond substituents is 3. The van der Waals surface area contributed by atoms with Gasteiger partial charge in [-0.3, -0.25) is 13.7 Å². The molecule has 0 saturated heterocycles. The number of rotatable bonds is 21. The van der Waals surface area contributed by atoms with Crippen LogP contribution >= 0.6 is 36.1 Å². The molecular formula is C43H31N9O22S6. The number of aromatic hydroxyl groups is 3. The number of azo groups is 4. The monoisotopic (exact) mass is 1220 g/mol. The second kappa shape index (κ2) is 24.4. The number of anilines is 1. The molecule has 0 fully saturated rings. The van der Waals surface area contributed by atoms with Gasteiger partial charge in [0, 0.05) is 21.1 Å². The van der Waals surface area contributed by atoms with E-state index >= 15 is 0 Å². The van der Waals surface area contributed by atoms with Crippen LogP contribution in [0.4, 0.5) is 51.2 Å². The van der Waals surface area contributed by atoms with Crippen molar-refractivity contribution in [1.29, 1.82) is 0 Å². The molecule has 0 aromatic heterocycles. The fourth-order valence-electron chi connectivity index (χ4n) is 7.29. The number of nitrogen functional groups attached to an aromatic ring is 1. The summed E-state index contributed by atoms with van der Waals surface area (Å²) in [6.45, 7) is 0. The minimum Gasteiger partial charge on any atom is -0.505 e. The van der Waals surface area contributed by atoms with Crippen LogP contribution in [0.3, 0.4) is 0 Å². The van der Waals surface area contributed by atoms with Crippen molar-refractivity contribution in [3.63, 3.8) is 0 Å². The standard InChI is InChI=1S/C43H31N9O22S6/c1-68-23-5-9-28(32(16-23)76-73-70-57)47-52-40-36(80(65,66)67)14-20-12-21(4-7-25(20)41(40)53)45-48-29-10-8-26-35(79(62,63)64)18-31(38(44)37(26)43(29)55)50-46-22-3-2-19-13-33(77-74-71-58)39(42(54)27(19)15-22)51-49-30-17-24(75-72-69-56)6-11-34(30)78(59,60)61/h2-18,53-58H,44H2,1H3,(H,59,60,61)(H,62,63,64)(H,65,66,67). The van der Waals surface area contributed by atoms with Crippen molar-refractivity contribution in [2.24, 2.45) is 40.9 Å². The van der Waals surface area contributed by atoms with Gasteiger partial charge in [-0.2, -0.15) is 35.5 Å². The van der Waals surface area contributed by atoms with Gasteiger partial charge in [0.15, 0.2) is 17.2 Å². The van der Waals surface area contributed by atoms with Crippen LogP contribution in [-0.2, 0) is 58.5 Å². The second-order valence-electron chi connectivity index (χ2n) is 15.5. The fraction of sp³-hybridized carbons (Fsp3) is 0.0233. The number of ether oxygens (including phenoxy) is 1. The van der Waals surface area contributed by atoms with Crippen molar-refractivity contribution >= 4 is 150 Å². The van der Waals surface area contributed by atoms with E-state index < -0.39 is 96.1 Å². The molecule has 0 radical (unpaired) electrons. The highest BCUT2D eigenvalue weighted by molar-refractivity contribution is 7.95. The highest BCUT2D eigenvalue weighted by Gasteiger charge is 2.25. The second-order valence-corrected chi connectivity index (χ2v) is 21.9. The molecule has 416 valence electrons. The maximum absolute atomic E-state index is 12.8. The molecule has 0 unspecified atom stereocenters. The van der Waals surface area contributed by atoms with Gasteiger partial charge in [-0.15, -0.1) is 43.7 Å². The highest BCUT2D eigenvalue weighted by Crippen LogP contribution is 2.49. The number of benzene rings is 8. The smallest absolute Gasteiger partial charge is 0.296 e. The normalized spacial score (nSPS) is 12.7. The number of nitrogens with two attached hydrogens (primary N) is 1. The van der Waals surface area contributed by atoms with Crippen LogP contribution in [0.15, 0.2) is 173 Å². The SMILES string of the molecule is COc1ccc(N=Nc2c(S(=O)(=O)O)cc3cc(N=Nc4ccc5c(S(=O)(=O)O)cc(N=Nc6ccc7cc(SOOO)c(N=Nc8cc(SOOO)ccc8S(=O)(=O)O)c(O)c7c6)c(N)c5c4O)ccc3c2O)c(SOOO)c1. The Morgan fingerprint density at radius 2 is 1.02 bits per heavy atom. The van der Waals surface area contributed by atoms with Crippen LogP contribution in [0.1, 0.15) is 0 Å². The number of phenols is 3. The summed E-state index contributed by atoms with van der Waals surface area (Å²) in [5, 5.41) is 103. The molecule has 0 atom stereocenters. The van der Waals surface area contributed by atoms with Crippen molar-refractivity contribution < 1.29 is 103 Å². The summed E-state index contributed by atoms with van der Waals surface area (Å²) in [4.78, 5) is -2.24. The molecule has 8 aromatic rings. The van der Waals surface area contributed by atoms with Gasteiger partial charge in [-0.25, -0.2) is 15.8 Å². The van der Waals surface area contributed by atoms with E-state index in [9.17, 15) is 54.2 Å². The van der Waals surface area contributed by atoms with Crippen molar-refractivity contribution in [3.8, 4) is 23.0 Å². The third kappa shape index (κ3) is 13.0. The van der Waals surface area contributed by atoms with Gasteiger partial charge in [0.05, 0.1) is 75.5 Å². The molecule has 0 heterocycles. The first kappa shape index (κ1) is 58.5. The average Bonchev–Trinajstić information content (AvgIpc) is 3.44. The summed E-state index contributed by atoms with van der Waals surface area (Å²) in [5.74, 6) is -1.85. The van der Waals surface area contributed by atoms with E-state index in [4.69, 9.17) is 26.2 Å². The van der Waals surface area contributed by atoms with Crippen LogP contribution < -0.4 is 10.5 Å². The molecule has 11 N–H and O–H groups in total. The van der Waals surface area contributed by atoms with E-state index in [1.807, 2.05) is 0 Å². The Balaban J connectivity index is 1.14. The Morgan fingerprint density at radius 3 is 1.70 bits per heavy atom. The summed E-state index contributed by atoms with van der Waals surface area (Å²) < 4.78 is 124. The van der Waals surface area contributed by atoms with Crippen molar-refractivity contribution in [3.05, 3.63) is 103 Å². The van der Waals surface area contributed by atoms with Gasteiger partial charge in [0.25, 0.3) is 30.4 Å². The highest BCUT2D eigenvalue weighted by atomic mass is 32.2. The Hall–Kier alpha value is -7.64. The fourth-order valence-corrected chi connectivity index (χ4v) is 10.6. The first-order chi connectivity index (χ1) is 38.0. The van der Waals surface area contributed by atoms with Crippen LogP contribution in [-0.4, -0.2) is 77.1 Å². The summed E-state index contributed by atoms with van der Waals surface area (Å²) in [6, 6.07) is 20.7. The first-order valence-electron chi connectivity index (χ1n) is 21.1. The zero-order valence-electron chi connectivity index (χ0n) is 39.3. The third-order valence-electron chi connectivity index (χ3n) is 10.8. The molecule has 0 aliphatic carbocycles. The van der Waals surface area contributed by atoms with E-state index in [0.717, 1.165) is 42.5 Å². The largest absolute Gasteiger partial charge is 0.505 e. The van der Waals surface area contributed by atoms with Gasteiger partial charge in [-0.1, -0.05) is 27.2 Å². The molecule has 37 heteroatoms. The molecule has 80 heavy (non-hydrogen) atoms. The van der Waals surface area contributed by atoms with Gasteiger partial charge < -0.3 is 25.8 Å². The van der Waals surface area contributed by atoms with Gasteiger partial charge in [0.2, 0.25) is 0 Å². The quantitative estimate of drug-likeness (QED) is 0.00797. The Morgan fingerprint density at radius 1 is 0.450 bits per heavy atom. The molecule has 0 aliphatic heterocycles. The van der Waals surface area contributed by atoms with Crippen LogP contribution in [0.2, 0.25) is 0 Å². The molecule has 0 amide bonds. The Bertz CT molecular complexity index is 4250. The zero-order valence-corrected chi connectivity index (χ0v) is 44.2. The minimum atomic E-state index is -5.11.